The van der Waals surface area contributed by atoms with Crippen LogP contribution in [-0.4, -0.2) is 15.9 Å². The van der Waals surface area contributed by atoms with E-state index in [-0.39, 0.29) is 12.4 Å². The second-order valence-electron chi connectivity index (χ2n) is 3.95. The fraction of sp³-hybridized carbons (Fsp3) is 0.308. The van der Waals surface area contributed by atoms with Crippen LogP contribution in [0.15, 0.2) is 22.7 Å². The van der Waals surface area contributed by atoms with Crippen molar-refractivity contribution in [3.63, 3.8) is 0 Å². The summed E-state index contributed by atoms with van der Waals surface area (Å²) in [6.07, 6.45) is 0.682. The minimum atomic E-state index is -0.0424. The maximum Gasteiger partial charge on any atom is 0.226 e. The standard InChI is InChI=1S/C13H13ClN2O3/c1-3-13-15-12(16-19-13)7-18-11-5-4-9(8(2)17)6-10(11)14/h4-6H,3,7H2,1-2H3. The maximum absolute atomic E-state index is 11.2. The van der Waals surface area contributed by atoms with Crippen LogP contribution in [0.1, 0.15) is 35.9 Å². The smallest absolute Gasteiger partial charge is 0.226 e. The van der Waals surface area contributed by atoms with Gasteiger partial charge in [0, 0.05) is 12.0 Å². The van der Waals surface area contributed by atoms with Gasteiger partial charge in [-0.1, -0.05) is 23.7 Å². The summed E-state index contributed by atoms with van der Waals surface area (Å²) in [7, 11) is 0. The van der Waals surface area contributed by atoms with Gasteiger partial charge in [0.2, 0.25) is 11.7 Å². The maximum atomic E-state index is 11.2. The number of hydrogen-bond acceptors (Lipinski definition) is 5. The molecule has 2 aromatic rings. The van der Waals surface area contributed by atoms with Crippen molar-refractivity contribution in [1.82, 2.24) is 10.1 Å². The third kappa shape index (κ3) is 3.32. The SMILES string of the molecule is CCc1nc(COc2ccc(C(C)=O)cc2Cl)no1. The average Bonchev–Trinajstić information content (AvgIpc) is 2.85. The first-order valence-electron chi connectivity index (χ1n) is 5.85. The van der Waals surface area contributed by atoms with Gasteiger partial charge < -0.3 is 9.26 Å². The van der Waals surface area contributed by atoms with Crippen LogP contribution < -0.4 is 4.74 Å². The molecule has 0 spiro atoms. The van der Waals surface area contributed by atoms with E-state index in [0.29, 0.717) is 34.5 Å². The van der Waals surface area contributed by atoms with E-state index in [1.54, 1.807) is 18.2 Å². The molecule has 19 heavy (non-hydrogen) atoms. The van der Waals surface area contributed by atoms with Crippen molar-refractivity contribution >= 4 is 17.4 Å². The van der Waals surface area contributed by atoms with Gasteiger partial charge in [-0.25, -0.2) is 0 Å². The van der Waals surface area contributed by atoms with Crippen LogP contribution in [0, 0.1) is 0 Å². The number of rotatable bonds is 5. The molecule has 6 heteroatoms. The number of carbonyl (C=O) groups excluding carboxylic acids is 1. The summed E-state index contributed by atoms with van der Waals surface area (Å²) in [4.78, 5) is 15.3. The van der Waals surface area contributed by atoms with Crippen molar-refractivity contribution in [3.8, 4) is 5.75 Å². The fourth-order valence-corrected chi connectivity index (χ4v) is 1.71. The highest BCUT2D eigenvalue weighted by Crippen LogP contribution is 2.26. The van der Waals surface area contributed by atoms with Crippen molar-refractivity contribution in [2.45, 2.75) is 26.9 Å². The molecule has 0 aliphatic carbocycles. The molecule has 0 unspecified atom stereocenters. The van der Waals surface area contributed by atoms with E-state index >= 15 is 0 Å². The molecule has 5 nitrogen and oxygen atoms in total. The molecule has 0 saturated heterocycles. The van der Waals surface area contributed by atoms with Crippen molar-refractivity contribution in [2.75, 3.05) is 0 Å². The topological polar surface area (TPSA) is 65.2 Å². The number of halogens is 1. The summed E-state index contributed by atoms with van der Waals surface area (Å²) in [5.74, 6) is 1.47. The highest BCUT2D eigenvalue weighted by molar-refractivity contribution is 6.32. The molecule has 1 heterocycles. The molecule has 0 saturated carbocycles. The van der Waals surface area contributed by atoms with Gasteiger partial charge in [-0.3, -0.25) is 4.79 Å². The second-order valence-corrected chi connectivity index (χ2v) is 4.36. The number of aromatic nitrogens is 2. The molecule has 0 amide bonds. The van der Waals surface area contributed by atoms with Gasteiger partial charge in [-0.05, 0) is 25.1 Å². The fourth-order valence-electron chi connectivity index (χ4n) is 1.47. The average molecular weight is 281 g/mol. The number of benzene rings is 1. The lowest BCUT2D eigenvalue weighted by Crippen LogP contribution is -1.99. The van der Waals surface area contributed by atoms with Crippen LogP contribution in [0.5, 0.6) is 5.75 Å². The zero-order valence-electron chi connectivity index (χ0n) is 10.6. The first kappa shape index (κ1) is 13.5. The molecular formula is C13H13ClN2O3. The summed E-state index contributed by atoms with van der Waals surface area (Å²) in [6.45, 7) is 3.58. The Balaban J connectivity index is 2.05. The molecule has 0 N–H and O–H groups in total. The lowest BCUT2D eigenvalue weighted by Gasteiger charge is -2.06. The van der Waals surface area contributed by atoms with E-state index in [1.165, 1.54) is 6.92 Å². The Labute approximate surface area is 115 Å². The van der Waals surface area contributed by atoms with Crippen LogP contribution >= 0.6 is 11.6 Å². The van der Waals surface area contributed by atoms with Crippen molar-refractivity contribution < 1.29 is 14.1 Å². The van der Waals surface area contributed by atoms with Crippen LogP contribution in [0.25, 0.3) is 0 Å². The molecule has 0 bridgehead atoms. The first-order chi connectivity index (χ1) is 9.10. The van der Waals surface area contributed by atoms with Gasteiger partial charge in [0.25, 0.3) is 0 Å². The zero-order valence-corrected chi connectivity index (χ0v) is 11.4. The number of nitrogens with zero attached hydrogens (tertiary/aromatic N) is 2. The van der Waals surface area contributed by atoms with E-state index < -0.39 is 0 Å². The van der Waals surface area contributed by atoms with E-state index in [1.807, 2.05) is 6.92 Å². The predicted molar refractivity (Wildman–Crippen MR) is 69.5 cm³/mol. The Hall–Kier alpha value is -1.88. The predicted octanol–water partition coefficient (Wildman–Crippen LogP) is 3.07. The Morgan fingerprint density at radius 1 is 1.47 bits per heavy atom. The number of Topliss-reactive ketones (excluding diaryl/α,β-unsaturated/α-hetero) is 1. The van der Waals surface area contributed by atoms with Crippen LogP contribution in [0.4, 0.5) is 0 Å². The van der Waals surface area contributed by atoms with Gasteiger partial charge in [-0.2, -0.15) is 4.98 Å². The van der Waals surface area contributed by atoms with Gasteiger partial charge in [-0.15, -0.1) is 0 Å². The first-order valence-corrected chi connectivity index (χ1v) is 6.22. The Morgan fingerprint density at radius 3 is 2.84 bits per heavy atom. The number of carbonyl (C=O) groups is 1. The molecule has 0 fully saturated rings. The Bertz CT molecular complexity index is 595. The summed E-state index contributed by atoms with van der Waals surface area (Å²) < 4.78 is 10.5. The van der Waals surface area contributed by atoms with Crippen LogP contribution in [0.2, 0.25) is 5.02 Å². The quantitative estimate of drug-likeness (QED) is 0.788. The van der Waals surface area contributed by atoms with E-state index in [4.69, 9.17) is 20.9 Å². The van der Waals surface area contributed by atoms with Crippen LogP contribution in [0.3, 0.4) is 0 Å². The molecule has 2 rings (SSSR count). The monoisotopic (exact) mass is 280 g/mol. The highest BCUT2D eigenvalue weighted by atomic mass is 35.5. The Kier molecular flexibility index (Phi) is 4.16. The summed E-state index contributed by atoms with van der Waals surface area (Å²) in [6, 6.07) is 4.89. The van der Waals surface area contributed by atoms with Crippen LogP contribution in [-0.2, 0) is 13.0 Å². The van der Waals surface area contributed by atoms with Crippen molar-refractivity contribution in [1.29, 1.82) is 0 Å². The molecule has 100 valence electrons. The molecule has 1 aromatic carbocycles. The number of hydrogen-bond donors (Lipinski definition) is 0. The largest absolute Gasteiger partial charge is 0.484 e. The van der Waals surface area contributed by atoms with Gasteiger partial charge >= 0.3 is 0 Å². The Morgan fingerprint density at radius 2 is 2.26 bits per heavy atom. The van der Waals surface area contributed by atoms with E-state index in [2.05, 4.69) is 10.1 Å². The summed E-state index contributed by atoms with van der Waals surface area (Å²) in [5, 5.41) is 4.15. The molecule has 1 aromatic heterocycles. The molecule has 0 aliphatic rings. The van der Waals surface area contributed by atoms with Gasteiger partial charge in [0.1, 0.15) is 5.75 Å². The minimum Gasteiger partial charge on any atom is -0.484 e. The number of ketones is 1. The third-order valence-corrected chi connectivity index (χ3v) is 2.80. The molecule has 0 radical (unpaired) electrons. The van der Waals surface area contributed by atoms with Crippen molar-refractivity contribution in [3.05, 3.63) is 40.5 Å². The zero-order chi connectivity index (χ0) is 13.8. The molecule has 0 atom stereocenters. The normalized spacial score (nSPS) is 10.5. The lowest BCUT2D eigenvalue weighted by atomic mass is 10.1. The highest BCUT2D eigenvalue weighted by Gasteiger charge is 2.09. The summed E-state index contributed by atoms with van der Waals surface area (Å²) in [5.41, 5.74) is 0.546. The van der Waals surface area contributed by atoms with Gasteiger partial charge in [0.05, 0.1) is 5.02 Å². The molecular weight excluding hydrogens is 268 g/mol. The second kappa shape index (κ2) is 5.84. The van der Waals surface area contributed by atoms with E-state index in [9.17, 15) is 4.79 Å². The minimum absolute atomic E-state index is 0.0424. The molecule has 0 aliphatic heterocycles. The summed E-state index contributed by atoms with van der Waals surface area (Å²) >= 11 is 6.03. The van der Waals surface area contributed by atoms with E-state index in [0.717, 1.165) is 0 Å². The number of ether oxygens (including phenoxy) is 1. The third-order valence-electron chi connectivity index (χ3n) is 2.51. The lowest BCUT2D eigenvalue weighted by molar-refractivity contribution is 0.101. The van der Waals surface area contributed by atoms with Gasteiger partial charge in [0.15, 0.2) is 12.4 Å². The van der Waals surface area contributed by atoms with Crippen molar-refractivity contribution in [2.24, 2.45) is 0 Å². The number of aryl methyl sites for hydroxylation is 1.